The molecule has 3 aliphatic rings. The number of likely N-dealkylation sites (tertiary alicyclic amines) is 1. The van der Waals surface area contributed by atoms with Gasteiger partial charge in [-0.3, -0.25) is 9.59 Å². The summed E-state index contributed by atoms with van der Waals surface area (Å²) in [4.78, 5) is 42.6. The molecule has 2 aromatic rings. The van der Waals surface area contributed by atoms with E-state index in [0.717, 1.165) is 17.5 Å². The number of rotatable bonds is 3. The summed E-state index contributed by atoms with van der Waals surface area (Å²) in [5, 5.41) is 3.24. The highest BCUT2D eigenvalue weighted by molar-refractivity contribution is 6.01. The van der Waals surface area contributed by atoms with E-state index in [4.69, 9.17) is 4.74 Å². The largest absolute Gasteiger partial charge is 0.450 e. The summed E-state index contributed by atoms with van der Waals surface area (Å²) in [6.07, 6.45) is 1.86. The third-order valence-electron chi connectivity index (χ3n) is 7.08. The summed E-state index contributed by atoms with van der Waals surface area (Å²) in [5.74, 6) is -0.531. The van der Waals surface area contributed by atoms with Gasteiger partial charge in [0, 0.05) is 31.2 Å². The predicted molar refractivity (Wildman–Crippen MR) is 123 cm³/mol. The quantitative estimate of drug-likeness (QED) is 0.783. The van der Waals surface area contributed by atoms with Crippen molar-refractivity contribution in [3.8, 4) is 0 Å². The summed E-state index contributed by atoms with van der Waals surface area (Å²) in [6, 6.07) is 15.3. The van der Waals surface area contributed by atoms with Crippen molar-refractivity contribution in [3.05, 3.63) is 70.8 Å². The van der Waals surface area contributed by atoms with Crippen molar-refractivity contribution in [2.75, 3.05) is 26.2 Å². The summed E-state index contributed by atoms with van der Waals surface area (Å²) in [6.45, 7) is 3.87. The zero-order valence-electron chi connectivity index (χ0n) is 18.8. The lowest BCUT2D eigenvalue weighted by molar-refractivity contribution is -0.125. The van der Waals surface area contributed by atoms with Crippen LogP contribution in [0, 0.1) is 0 Å². The van der Waals surface area contributed by atoms with Crippen molar-refractivity contribution < 1.29 is 19.1 Å². The summed E-state index contributed by atoms with van der Waals surface area (Å²) in [7, 11) is 0. The molecule has 3 aliphatic heterocycles. The highest BCUT2D eigenvalue weighted by Crippen LogP contribution is 2.46. The van der Waals surface area contributed by atoms with Crippen LogP contribution in [0.25, 0.3) is 0 Å². The highest BCUT2D eigenvalue weighted by Gasteiger charge is 2.46. The number of ether oxygens (including phenoxy) is 1. The molecule has 1 saturated heterocycles. The third kappa shape index (κ3) is 3.86. The molecule has 172 valence electrons. The van der Waals surface area contributed by atoms with Gasteiger partial charge in [0.15, 0.2) is 0 Å². The van der Waals surface area contributed by atoms with Crippen LogP contribution < -0.4 is 5.32 Å². The molecule has 3 heterocycles. The van der Waals surface area contributed by atoms with Gasteiger partial charge in [-0.05, 0) is 48.9 Å². The van der Waals surface area contributed by atoms with E-state index < -0.39 is 5.92 Å². The van der Waals surface area contributed by atoms with Crippen molar-refractivity contribution in [3.63, 3.8) is 0 Å². The van der Waals surface area contributed by atoms with Gasteiger partial charge in [-0.25, -0.2) is 4.79 Å². The van der Waals surface area contributed by atoms with Gasteiger partial charge in [0.2, 0.25) is 5.91 Å². The van der Waals surface area contributed by atoms with E-state index in [1.165, 1.54) is 5.56 Å². The SMILES string of the molecule is CCOC(=O)N1CCC(NC(=O)C2c3ccccc3C(=O)N3CCc4ccccc4C23)CC1. The minimum absolute atomic E-state index is 0.00287. The number of hydrogen-bond acceptors (Lipinski definition) is 4. The van der Waals surface area contributed by atoms with Gasteiger partial charge in [0.25, 0.3) is 5.91 Å². The van der Waals surface area contributed by atoms with Crippen LogP contribution in [0.1, 0.15) is 58.8 Å². The number of nitrogens with one attached hydrogen (secondary N) is 1. The topological polar surface area (TPSA) is 79.0 Å². The van der Waals surface area contributed by atoms with Crippen LogP contribution in [0.3, 0.4) is 0 Å². The van der Waals surface area contributed by atoms with Gasteiger partial charge < -0.3 is 19.9 Å². The molecule has 33 heavy (non-hydrogen) atoms. The Labute approximate surface area is 193 Å². The number of carbonyl (C=O) groups is 3. The van der Waals surface area contributed by atoms with Gasteiger partial charge in [-0.15, -0.1) is 0 Å². The molecule has 0 aromatic heterocycles. The van der Waals surface area contributed by atoms with Crippen LogP contribution in [-0.4, -0.2) is 60.0 Å². The molecule has 1 N–H and O–H groups in total. The van der Waals surface area contributed by atoms with Crippen LogP contribution in [0.2, 0.25) is 0 Å². The number of carbonyl (C=O) groups excluding carboxylic acids is 3. The van der Waals surface area contributed by atoms with Crippen molar-refractivity contribution in [1.82, 2.24) is 15.1 Å². The Kier molecular flexibility index (Phi) is 5.79. The van der Waals surface area contributed by atoms with Gasteiger partial charge in [-0.1, -0.05) is 42.5 Å². The van der Waals surface area contributed by atoms with Gasteiger partial charge in [-0.2, -0.15) is 0 Å². The Bertz CT molecular complexity index is 1080. The van der Waals surface area contributed by atoms with E-state index in [1.807, 2.05) is 47.4 Å². The average Bonchev–Trinajstić information content (AvgIpc) is 2.84. The molecule has 2 aromatic carbocycles. The van der Waals surface area contributed by atoms with E-state index in [9.17, 15) is 14.4 Å². The molecule has 3 amide bonds. The maximum Gasteiger partial charge on any atom is 0.409 e. The second kappa shape index (κ2) is 8.89. The smallest absolute Gasteiger partial charge is 0.409 e. The van der Waals surface area contributed by atoms with Crippen molar-refractivity contribution in [2.45, 2.75) is 44.2 Å². The highest BCUT2D eigenvalue weighted by atomic mass is 16.6. The van der Waals surface area contributed by atoms with E-state index >= 15 is 0 Å². The summed E-state index contributed by atoms with van der Waals surface area (Å²) in [5.41, 5.74) is 3.67. The fourth-order valence-corrected chi connectivity index (χ4v) is 5.47. The standard InChI is InChI=1S/C26H29N3O4/c1-2-33-26(32)28-14-12-18(13-15-28)27-24(30)22-20-9-5-6-10-21(20)25(31)29-16-11-17-7-3-4-8-19(17)23(22)29/h3-10,18,22-23H,2,11-16H2,1H3,(H,27,30). The van der Waals surface area contributed by atoms with Gasteiger partial charge in [0.05, 0.1) is 18.6 Å². The molecular formula is C26H29N3O4. The monoisotopic (exact) mass is 447 g/mol. The van der Waals surface area contributed by atoms with Crippen LogP contribution >= 0.6 is 0 Å². The molecule has 0 spiro atoms. The van der Waals surface area contributed by atoms with E-state index in [1.54, 1.807) is 11.8 Å². The lowest BCUT2D eigenvalue weighted by Gasteiger charge is -2.45. The molecule has 7 nitrogen and oxygen atoms in total. The summed E-state index contributed by atoms with van der Waals surface area (Å²) < 4.78 is 5.10. The molecular weight excluding hydrogens is 418 g/mol. The minimum atomic E-state index is -0.469. The average molecular weight is 448 g/mol. The van der Waals surface area contributed by atoms with Crippen LogP contribution in [0.15, 0.2) is 48.5 Å². The Balaban J connectivity index is 1.41. The Morgan fingerprint density at radius 3 is 2.45 bits per heavy atom. The van der Waals surface area contributed by atoms with E-state index in [-0.39, 0.29) is 30.0 Å². The Morgan fingerprint density at radius 2 is 1.70 bits per heavy atom. The number of fused-ring (bicyclic) bond motifs is 4. The van der Waals surface area contributed by atoms with Gasteiger partial charge >= 0.3 is 6.09 Å². The fraction of sp³-hybridized carbons (Fsp3) is 0.423. The minimum Gasteiger partial charge on any atom is -0.450 e. The maximum atomic E-state index is 13.8. The number of piperidine rings is 1. The Hall–Kier alpha value is -3.35. The number of benzene rings is 2. The van der Waals surface area contributed by atoms with Crippen molar-refractivity contribution >= 4 is 17.9 Å². The molecule has 7 heteroatoms. The lowest BCUT2D eigenvalue weighted by atomic mass is 9.75. The van der Waals surface area contributed by atoms with E-state index in [2.05, 4.69) is 11.4 Å². The van der Waals surface area contributed by atoms with Crippen LogP contribution in [-0.2, 0) is 16.0 Å². The van der Waals surface area contributed by atoms with Gasteiger partial charge in [0.1, 0.15) is 0 Å². The first kappa shape index (κ1) is 21.5. The van der Waals surface area contributed by atoms with Crippen LogP contribution in [0.5, 0.6) is 0 Å². The predicted octanol–water partition coefficient (Wildman–Crippen LogP) is 3.26. The zero-order valence-corrected chi connectivity index (χ0v) is 18.8. The molecule has 2 unspecified atom stereocenters. The van der Waals surface area contributed by atoms with E-state index in [0.29, 0.717) is 44.6 Å². The van der Waals surface area contributed by atoms with Crippen molar-refractivity contribution in [1.29, 1.82) is 0 Å². The molecule has 5 rings (SSSR count). The van der Waals surface area contributed by atoms with Crippen LogP contribution in [0.4, 0.5) is 4.79 Å². The molecule has 0 radical (unpaired) electrons. The number of nitrogens with zero attached hydrogens (tertiary/aromatic N) is 2. The molecule has 1 fully saturated rings. The normalized spacial score (nSPS) is 22.2. The molecule has 0 bridgehead atoms. The first-order chi connectivity index (χ1) is 16.1. The molecule has 0 saturated carbocycles. The number of amides is 3. The fourth-order valence-electron chi connectivity index (χ4n) is 5.47. The number of hydrogen-bond donors (Lipinski definition) is 1. The second-order valence-electron chi connectivity index (χ2n) is 8.93. The second-order valence-corrected chi connectivity index (χ2v) is 8.93. The lowest BCUT2D eigenvalue weighted by Crippen LogP contribution is -2.52. The first-order valence-electron chi connectivity index (χ1n) is 11.8. The molecule has 0 aliphatic carbocycles. The first-order valence-corrected chi connectivity index (χ1v) is 11.8. The third-order valence-corrected chi connectivity index (χ3v) is 7.08. The van der Waals surface area contributed by atoms with Crippen molar-refractivity contribution in [2.24, 2.45) is 0 Å². The zero-order chi connectivity index (χ0) is 22.9. The summed E-state index contributed by atoms with van der Waals surface area (Å²) >= 11 is 0. The Morgan fingerprint density at radius 1 is 1.00 bits per heavy atom. The maximum absolute atomic E-state index is 13.8. The molecule has 2 atom stereocenters.